The van der Waals surface area contributed by atoms with Gasteiger partial charge in [-0.15, -0.1) is 0 Å². The molecule has 0 aromatic carbocycles. The maximum Gasteiger partial charge on any atom is 0.0258 e. The van der Waals surface area contributed by atoms with Crippen LogP contribution in [0.15, 0.2) is 23.9 Å². The molecule has 0 fully saturated rings. The molecule has 0 saturated heterocycles. The third-order valence-electron chi connectivity index (χ3n) is 2.90. The largest absolute Gasteiger partial charge is 0.378 e. The van der Waals surface area contributed by atoms with Gasteiger partial charge in [0.2, 0.25) is 0 Å². The number of hydrogen-bond acceptors (Lipinski definition) is 2. The fraction of sp³-hybridized carbons (Fsp3) is 0.615. The normalized spacial score (nSPS) is 16.5. The van der Waals surface area contributed by atoms with Gasteiger partial charge >= 0.3 is 0 Å². The predicted octanol–water partition coefficient (Wildman–Crippen LogP) is 3.46. The molecule has 0 heterocycles. The third-order valence-corrected chi connectivity index (χ3v) is 2.90. The molecule has 0 bridgehead atoms. The molecule has 0 aromatic rings. The first-order valence-corrected chi connectivity index (χ1v) is 5.54. The summed E-state index contributed by atoms with van der Waals surface area (Å²) in [7, 11) is 2.10. The van der Waals surface area contributed by atoms with Crippen LogP contribution in [0.25, 0.3) is 0 Å². The maximum atomic E-state index is 7.04. The number of nitrogens with one attached hydrogen (secondary N) is 1. The molecular weight excluding hydrogens is 184 g/mol. The van der Waals surface area contributed by atoms with Crippen molar-refractivity contribution in [2.24, 2.45) is 5.92 Å². The second kappa shape index (κ2) is 7.27. The van der Waals surface area contributed by atoms with E-state index in [2.05, 4.69) is 45.0 Å². The van der Waals surface area contributed by atoms with E-state index >= 15 is 0 Å². The van der Waals surface area contributed by atoms with Gasteiger partial charge in [0, 0.05) is 19.3 Å². The van der Waals surface area contributed by atoms with E-state index in [1.807, 2.05) is 13.0 Å². The Balaban J connectivity index is 4.22. The Hall–Kier alpha value is -1.05. The number of rotatable bonds is 6. The van der Waals surface area contributed by atoms with Crippen LogP contribution >= 0.6 is 0 Å². The zero-order chi connectivity index (χ0) is 11.8. The van der Waals surface area contributed by atoms with Gasteiger partial charge in [-0.2, -0.15) is 0 Å². The van der Waals surface area contributed by atoms with Crippen LogP contribution in [0.2, 0.25) is 0 Å². The predicted molar refractivity (Wildman–Crippen MR) is 68.4 cm³/mol. The molecule has 2 heteroatoms. The summed E-state index contributed by atoms with van der Waals surface area (Å²) in [5.74, 6) is 0.536. The zero-order valence-electron chi connectivity index (χ0n) is 10.6. The molecule has 0 aliphatic carbocycles. The Labute approximate surface area is 94.2 Å². The lowest BCUT2D eigenvalue weighted by Gasteiger charge is -2.26. The third kappa shape index (κ3) is 5.40. The lowest BCUT2D eigenvalue weighted by Crippen LogP contribution is -2.26. The zero-order valence-corrected chi connectivity index (χ0v) is 10.6. The molecule has 0 saturated carbocycles. The van der Waals surface area contributed by atoms with E-state index < -0.39 is 0 Å². The van der Waals surface area contributed by atoms with Crippen LogP contribution in [0.3, 0.4) is 0 Å². The summed E-state index contributed by atoms with van der Waals surface area (Å²) in [5, 5.41) is 7.04. The summed E-state index contributed by atoms with van der Waals surface area (Å²) >= 11 is 0. The van der Waals surface area contributed by atoms with Gasteiger partial charge in [-0.1, -0.05) is 18.6 Å². The molecule has 1 unspecified atom stereocenters. The second-order valence-electron chi connectivity index (χ2n) is 4.21. The highest BCUT2D eigenvalue weighted by atomic mass is 15.1. The van der Waals surface area contributed by atoms with Crippen LogP contribution in [0, 0.1) is 11.3 Å². The minimum Gasteiger partial charge on any atom is -0.378 e. The van der Waals surface area contributed by atoms with Crippen molar-refractivity contribution >= 4 is 6.21 Å². The minimum atomic E-state index is 0.533. The standard InChI is InChI=1S/C13H24N2/c1-6-9-15(5)13(4)10-12(3)11(2)7-8-14/h6-9,12-14H,10H2,1-5H3/b9-6-,11-7+,14-8?/t12-,13?/m1/s1. The SMILES string of the molecule is C/C=C\N(C)C(C)C[C@@H](C)/C(C)=C/C=N. The highest BCUT2D eigenvalue weighted by molar-refractivity contribution is 5.68. The van der Waals surface area contributed by atoms with Crippen molar-refractivity contribution in [1.82, 2.24) is 4.90 Å². The Morgan fingerprint density at radius 3 is 2.47 bits per heavy atom. The van der Waals surface area contributed by atoms with E-state index in [4.69, 9.17) is 5.41 Å². The van der Waals surface area contributed by atoms with E-state index in [0.29, 0.717) is 12.0 Å². The fourth-order valence-electron chi connectivity index (χ4n) is 1.54. The monoisotopic (exact) mass is 208 g/mol. The van der Waals surface area contributed by atoms with E-state index in [9.17, 15) is 0 Å². The average Bonchev–Trinajstić information content (AvgIpc) is 2.18. The van der Waals surface area contributed by atoms with Gasteiger partial charge in [-0.25, -0.2) is 0 Å². The van der Waals surface area contributed by atoms with Crippen LogP contribution in [0.5, 0.6) is 0 Å². The van der Waals surface area contributed by atoms with Gasteiger partial charge in [0.15, 0.2) is 0 Å². The van der Waals surface area contributed by atoms with Crippen molar-refractivity contribution in [3.8, 4) is 0 Å². The van der Waals surface area contributed by atoms with Gasteiger partial charge in [-0.05, 0) is 45.4 Å². The molecule has 0 amide bonds. The molecule has 0 aromatic heterocycles. The lowest BCUT2D eigenvalue weighted by atomic mass is 9.95. The molecule has 2 atom stereocenters. The fourth-order valence-corrected chi connectivity index (χ4v) is 1.54. The van der Waals surface area contributed by atoms with Crippen molar-refractivity contribution in [2.75, 3.05) is 7.05 Å². The highest BCUT2D eigenvalue weighted by Gasteiger charge is 2.11. The molecule has 2 nitrogen and oxygen atoms in total. The average molecular weight is 208 g/mol. The Bertz CT molecular complexity index is 241. The minimum absolute atomic E-state index is 0.533. The molecule has 86 valence electrons. The van der Waals surface area contributed by atoms with Crippen molar-refractivity contribution in [2.45, 2.75) is 40.2 Å². The van der Waals surface area contributed by atoms with Gasteiger partial charge < -0.3 is 10.3 Å². The van der Waals surface area contributed by atoms with Gasteiger partial charge in [0.05, 0.1) is 0 Å². The molecule has 0 aliphatic rings. The number of nitrogens with zero attached hydrogens (tertiary/aromatic N) is 1. The molecule has 1 N–H and O–H groups in total. The van der Waals surface area contributed by atoms with E-state index in [1.165, 1.54) is 11.8 Å². The van der Waals surface area contributed by atoms with Gasteiger partial charge in [0.1, 0.15) is 0 Å². The number of hydrogen-bond donors (Lipinski definition) is 1. The maximum absolute atomic E-state index is 7.04. The first kappa shape index (κ1) is 13.9. The summed E-state index contributed by atoms with van der Waals surface area (Å²) in [5.41, 5.74) is 1.28. The van der Waals surface area contributed by atoms with Crippen LogP contribution in [0.1, 0.15) is 34.1 Å². The highest BCUT2D eigenvalue weighted by Crippen LogP contribution is 2.18. The quantitative estimate of drug-likeness (QED) is 0.665. The van der Waals surface area contributed by atoms with Crippen molar-refractivity contribution in [3.63, 3.8) is 0 Å². The smallest absolute Gasteiger partial charge is 0.0258 e. The van der Waals surface area contributed by atoms with Crippen LogP contribution in [-0.4, -0.2) is 24.2 Å². The topological polar surface area (TPSA) is 27.1 Å². The first-order chi connectivity index (χ1) is 7.02. The summed E-state index contributed by atoms with van der Waals surface area (Å²) in [6.45, 7) is 8.58. The van der Waals surface area contributed by atoms with Crippen molar-refractivity contribution in [1.29, 1.82) is 5.41 Å². The number of allylic oxidation sites excluding steroid dienone is 3. The van der Waals surface area contributed by atoms with Crippen LogP contribution in [-0.2, 0) is 0 Å². The molecule has 0 aliphatic heterocycles. The summed E-state index contributed by atoms with van der Waals surface area (Å²) in [6, 6.07) is 0.533. The second-order valence-corrected chi connectivity index (χ2v) is 4.21. The van der Waals surface area contributed by atoms with Crippen LogP contribution in [0.4, 0.5) is 0 Å². The summed E-state index contributed by atoms with van der Waals surface area (Å²) < 4.78 is 0. The van der Waals surface area contributed by atoms with E-state index in [-0.39, 0.29) is 0 Å². The summed E-state index contributed by atoms with van der Waals surface area (Å²) in [6.07, 6.45) is 8.53. The Morgan fingerprint density at radius 1 is 1.40 bits per heavy atom. The summed E-state index contributed by atoms with van der Waals surface area (Å²) in [4.78, 5) is 2.23. The first-order valence-electron chi connectivity index (χ1n) is 5.54. The molecular formula is C13H24N2. The van der Waals surface area contributed by atoms with Crippen LogP contribution < -0.4 is 0 Å². The molecule has 15 heavy (non-hydrogen) atoms. The van der Waals surface area contributed by atoms with E-state index in [0.717, 1.165) is 6.42 Å². The van der Waals surface area contributed by atoms with Crippen molar-refractivity contribution < 1.29 is 0 Å². The van der Waals surface area contributed by atoms with E-state index in [1.54, 1.807) is 0 Å². The molecule has 0 radical (unpaired) electrons. The molecule has 0 rings (SSSR count). The van der Waals surface area contributed by atoms with Gasteiger partial charge in [-0.3, -0.25) is 0 Å². The molecule has 0 spiro atoms. The van der Waals surface area contributed by atoms with Gasteiger partial charge in [0.25, 0.3) is 0 Å². The Morgan fingerprint density at radius 2 is 2.00 bits per heavy atom. The van der Waals surface area contributed by atoms with Crippen molar-refractivity contribution in [3.05, 3.63) is 23.9 Å². The lowest BCUT2D eigenvalue weighted by molar-refractivity contribution is 0.308. The Kier molecular flexibility index (Phi) is 6.76.